The molecule has 0 saturated heterocycles. The number of alkyl halides is 4. The number of carboxylic acids is 1. The molecule has 0 aliphatic carbocycles. The molecule has 2 rings (SSSR count). The number of aliphatic hydroxyl groups is 1. The highest BCUT2D eigenvalue weighted by Crippen LogP contribution is 2.40. The van der Waals surface area contributed by atoms with E-state index in [1.165, 1.54) is 0 Å². The second-order valence-corrected chi connectivity index (χ2v) is 9.81. The van der Waals surface area contributed by atoms with E-state index in [-0.39, 0.29) is 24.1 Å². The fourth-order valence-electron chi connectivity index (χ4n) is 3.09. The maximum Gasteiger partial charge on any atom is 0.490 e. The molecule has 0 bridgehead atoms. The van der Waals surface area contributed by atoms with Crippen LogP contribution in [0.3, 0.4) is 0 Å². The number of halogens is 4. The normalized spacial score (nSPS) is 14.0. The summed E-state index contributed by atoms with van der Waals surface area (Å²) in [6.45, 7) is 14.6. The first-order valence-corrected chi connectivity index (χ1v) is 11.1. The highest BCUT2D eigenvalue weighted by atomic mass is 35.5. The van der Waals surface area contributed by atoms with Gasteiger partial charge >= 0.3 is 12.1 Å². The largest absolute Gasteiger partial charge is 0.490 e. The van der Waals surface area contributed by atoms with Crippen molar-refractivity contribution >= 4 is 17.6 Å². The number of pyridine rings is 1. The molecule has 2 aromatic heterocycles. The number of rotatable bonds is 10. The molecule has 2 aromatic rings. The van der Waals surface area contributed by atoms with Crippen molar-refractivity contribution in [1.82, 2.24) is 30.5 Å². The summed E-state index contributed by atoms with van der Waals surface area (Å²) in [4.78, 5) is 13.2. The lowest BCUT2D eigenvalue weighted by atomic mass is 9.78. The topological polar surface area (TPSA) is 126 Å². The number of carbonyl (C=O) groups is 1. The molecule has 2 heterocycles. The molecule has 0 aliphatic heterocycles. The summed E-state index contributed by atoms with van der Waals surface area (Å²) in [5.41, 5.74) is 1.14. The minimum atomic E-state index is -5.08. The molecule has 0 radical (unpaired) electrons. The van der Waals surface area contributed by atoms with Gasteiger partial charge in [-0.25, -0.2) is 9.48 Å². The van der Waals surface area contributed by atoms with Gasteiger partial charge in [0, 0.05) is 41.8 Å². The Labute approximate surface area is 207 Å². The van der Waals surface area contributed by atoms with Crippen molar-refractivity contribution in [3.05, 3.63) is 48.1 Å². The van der Waals surface area contributed by atoms with E-state index in [0.717, 1.165) is 11.1 Å². The minimum absolute atomic E-state index is 0.00426. The third kappa shape index (κ3) is 8.86. The van der Waals surface area contributed by atoms with Crippen molar-refractivity contribution in [2.45, 2.75) is 59.4 Å². The van der Waals surface area contributed by atoms with Crippen molar-refractivity contribution in [2.24, 2.45) is 10.8 Å². The van der Waals surface area contributed by atoms with Gasteiger partial charge in [-0.3, -0.25) is 10.3 Å². The highest BCUT2D eigenvalue weighted by Gasteiger charge is 2.40. The zero-order valence-corrected chi connectivity index (χ0v) is 21.1. The van der Waals surface area contributed by atoms with Crippen molar-refractivity contribution in [1.29, 1.82) is 0 Å². The highest BCUT2D eigenvalue weighted by molar-refractivity contribution is 6.18. The van der Waals surface area contributed by atoms with Gasteiger partial charge in [0.2, 0.25) is 0 Å². The summed E-state index contributed by atoms with van der Waals surface area (Å²) in [6.07, 6.45) is -1.53. The van der Waals surface area contributed by atoms with Crippen LogP contribution >= 0.6 is 11.6 Å². The van der Waals surface area contributed by atoms with Crippen LogP contribution in [0.15, 0.2) is 36.7 Å². The van der Waals surface area contributed by atoms with Gasteiger partial charge < -0.3 is 10.2 Å². The molecule has 13 heteroatoms. The predicted molar refractivity (Wildman–Crippen MR) is 125 cm³/mol. The lowest BCUT2D eigenvalue weighted by Crippen LogP contribution is -2.45. The molecule has 0 fully saturated rings. The van der Waals surface area contributed by atoms with Crippen LogP contribution in [-0.4, -0.2) is 60.0 Å². The number of nitrogens with one attached hydrogen (secondary N) is 1. The zero-order chi connectivity index (χ0) is 27.0. The molecule has 3 N–H and O–H groups in total. The molecular formula is C22H32ClF3N6O3. The molecule has 0 saturated carbocycles. The van der Waals surface area contributed by atoms with Crippen LogP contribution < -0.4 is 5.32 Å². The van der Waals surface area contributed by atoms with Crippen LogP contribution in [0.2, 0.25) is 0 Å². The summed E-state index contributed by atoms with van der Waals surface area (Å²) < 4.78 is 33.5. The van der Waals surface area contributed by atoms with Gasteiger partial charge in [-0.05, 0) is 29.0 Å². The van der Waals surface area contributed by atoms with Crippen LogP contribution in [-0.2, 0) is 11.3 Å². The summed E-state index contributed by atoms with van der Waals surface area (Å²) in [6, 6.07) is 3.46. The Morgan fingerprint density at radius 1 is 1.23 bits per heavy atom. The van der Waals surface area contributed by atoms with Crippen LogP contribution in [0.5, 0.6) is 0 Å². The molecular weight excluding hydrogens is 489 g/mol. The number of aliphatic carboxylic acids is 1. The van der Waals surface area contributed by atoms with Crippen molar-refractivity contribution in [3.8, 4) is 0 Å². The average molecular weight is 521 g/mol. The third-order valence-electron chi connectivity index (χ3n) is 5.15. The Balaban J connectivity index is 0.000000762. The second-order valence-electron chi connectivity index (χ2n) is 9.54. The average Bonchev–Trinajstić information content (AvgIpc) is 3.21. The van der Waals surface area contributed by atoms with Crippen LogP contribution in [0.1, 0.15) is 58.1 Å². The van der Waals surface area contributed by atoms with E-state index in [0.29, 0.717) is 18.2 Å². The number of allylic oxidation sites excluding steroid dienone is 1. The molecule has 196 valence electrons. The Morgan fingerprint density at radius 2 is 1.83 bits per heavy atom. The number of tetrazole rings is 1. The Kier molecular flexibility index (Phi) is 10.8. The zero-order valence-electron chi connectivity index (χ0n) is 20.3. The molecule has 9 nitrogen and oxygen atoms in total. The van der Waals surface area contributed by atoms with Crippen molar-refractivity contribution in [3.63, 3.8) is 0 Å². The number of carboxylic acid groups (broad SMARTS) is 1. The predicted octanol–water partition coefficient (Wildman–Crippen LogP) is 3.93. The maximum atomic E-state index is 10.6. The number of hydrogen-bond donors (Lipinski definition) is 3. The standard InChI is InChI=1S/C20H31ClN6O.C2HF3O2/c1-14(2)11-27-18(24-25-26-27)17(19(3,4)12-21)23-16(20(5,6)13-28)15-8-7-9-22-10-15;3-2(4,5)1(6)7/h7-10,16-17,23,28H,1,11-13H2,2-6H3;(H,6,7). The molecule has 0 aliphatic rings. The molecule has 0 aromatic carbocycles. The smallest absolute Gasteiger partial charge is 0.475 e. The number of aromatic nitrogens is 5. The van der Waals surface area contributed by atoms with Gasteiger partial charge in [-0.1, -0.05) is 45.9 Å². The van der Waals surface area contributed by atoms with Gasteiger partial charge in [-0.15, -0.1) is 16.7 Å². The van der Waals surface area contributed by atoms with Gasteiger partial charge in [0.25, 0.3) is 0 Å². The molecule has 2 unspecified atom stereocenters. The van der Waals surface area contributed by atoms with Crippen LogP contribution in [0.25, 0.3) is 0 Å². The Morgan fingerprint density at radius 3 is 2.26 bits per heavy atom. The number of hydrogen-bond acceptors (Lipinski definition) is 7. The molecule has 35 heavy (non-hydrogen) atoms. The molecule has 2 atom stereocenters. The van der Waals surface area contributed by atoms with E-state index >= 15 is 0 Å². The molecule has 0 spiro atoms. The van der Waals surface area contributed by atoms with E-state index in [1.807, 2.05) is 39.1 Å². The Bertz CT molecular complexity index is 967. The van der Waals surface area contributed by atoms with E-state index in [4.69, 9.17) is 21.5 Å². The quantitative estimate of drug-likeness (QED) is 0.318. The lowest BCUT2D eigenvalue weighted by molar-refractivity contribution is -0.192. The fraction of sp³-hybridized carbons (Fsp3) is 0.591. The monoisotopic (exact) mass is 520 g/mol. The Hall–Kier alpha value is -2.57. The van der Waals surface area contributed by atoms with E-state index in [9.17, 15) is 18.3 Å². The van der Waals surface area contributed by atoms with Crippen LogP contribution in [0, 0.1) is 10.8 Å². The van der Waals surface area contributed by atoms with Crippen molar-refractivity contribution < 1.29 is 28.2 Å². The summed E-state index contributed by atoms with van der Waals surface area (Å²) in [5.74, 6) is -1.66. The van der Waals surface area contributed by atoms with E-state index in [2.05, 4.69) is 46.3 Å². The SMILES string of the molecule is C=C(C)Cn1nnnc1C(NC(c1cccnc1)C(C)(C)CO)C(C)(C)CCl.O=C(O)C(F)(F)F. The third-order valence-corrected chi connectivity index (χ3v) is 5.83. The van der Waals surface area contributed by atoms with Crippen LogP contribution in [0.4, 0.5) is 13.2 Å². The summed E-state index contributed by atoms with van der Waals surface area (Å²) in [5, 5.41) is 33.2. The summed E-state index contributed by atoms with van der Waals surface area (Å²) in [7, 11) is 0. The van der Waals surface area contributed by atoms with E-state index in [1.54, 1.807) is 10.9 Å². The van der Waals surface area contributed by atoms with Crippen molar-refractivity contribution in [2.75, 3.05) is 12.5 Å². The van der Waals surface area contributed by atoms with E-state index < -0.39 is 17.6 Å². The maximum absolute atomic E-state index is 10.6. The van der Waals surface area contributed by atoms with Gasteiger partial charge in [0.15, 0.2) is 5.82 Å². The fourth-order valence-corrected chi connectivity index (χ4v) is 3.25. The number of nitrogens with zero attached hydrogens (tertiary/aromatic N) is 5. The first-order chi connectivity index (χ1) is 16.1. The lowest BCUT2D eigenvalue weighted by Gasteiger charge is -2.41. The first-order valence-electron chi connectivity index (χ1n) is 10.6. The minimum Gasteiger partial charge on any atom is -0.475 e. The van der Waals surface area contributed by atoms with Gasteiger partial charge in [0.05, 0.1) is 12.6 Å². The first kappa shape index (κ1) is 30.5. The molecule has 0 amide bonds. The second kappa shape index (κ2) is 12.4. The van der Waals surface area contributed by atoms with Gasteiger partial charge in [0.1, 0.15) is 0 Å². The van der Waals surface area contributed by atoms with Gasteiger partial charge in [-0.2, -0.15) is 13.2 Å². The summed E-state index contributed by atoms with van der Waals surface area (Å²) >= 11 is 6.34. The number of aliphatic hydroxyl groups excluding tert-OH is 1.